The summed E-state index contributed by atoms with van der Waals surface area (Å²) in [6, 6.07) is 20.9. The van der Waals surface area contributed by atoms with E-state index in [1.807, 2.05) is 72.5 Å². The third-order valence-corrected chi connectivity index (χ3v) is 6.62. The third-order valence-electron chi connectivity index (χ3n) is 5.83. The Morgan fingerprint density at radius 2 is 1.67 bits per heavy atom. The molecule has 1 atom stereocenters. The Labute approximate surface area is 209 Å². The second kappa shape index (κ2) is 10.1. The molecule has 33 heavy (non-hydrogen) atoms. The maximum Gasteiger partial charge on any atom is 0.269 e. The standard InChI is InChI=1S/C26H24Cl3N3O/c1-17-5-3-4-6-23(17)30-18(2)26(33)31-13-14-32(24-12-11-21(28)15-22(24)29)25(16-31)19-7-9-20(27)10-8-19/h3-12,15,25,30H,2,13-14,16H2,1H3. The lowest BCUT2D eigenvalue weighted by Crippen LogP contribution is -2.51. The number of aryl methyl sites for hydroxylation is 1. The summed E-state index contributed by atoms with van der Waals surface area (Å²) in [5, 5.41) is 4.99. The van der Waals surface area contributed by atoms with Crippen LogP contribution in [0.1, 0.15) is 17.2 Å². The van der Waals surface area contributed by atoms with Gasteiger partial charge in [0.1, 0.15) is 0 Å². The molecule has 1 fully saturated rings. The number of halogens is 3. The molecule has 3 aromatic carbocycles. The van der Waals surface area contributed by atoms with E-state index in [0.717, 1.165) is 22.5 Å². The molecular weight excluding hydrogens is 477 g/mol. The summed E-state index contributed by atoms with van der Waals surface area (Å²) < 4.78 is 0. The van der Waals surface area contributed by atoms with Crippen molar-refractivity contribution >= 4 is 52.1 Å². The van der Waals surface area contributed by atoms with Gasteiger partial charge in [-0.2, -0.15) is 0 Å². The monoisotopic (exact) mass is 499 g/mol. The van der Waals surface area contributed by atoms with Crippen LogP contribution in [0.3, 0.4) is 0 Å². The molecule has 1 amide bonds. The molecular formula is C26H24Cl3N3O. The van der Waals surface area contributed by atoms with Gasteiger partial charge >= 0.3 is 0 Å². The van der Waals surface area contributed by atoms with Gasteiger partial charge in [0.25, 0.3) is 5.91 Å². The summed E-state index contributed by atoms with van der Waals surface area (Å²) >= 11 is 18.8. The SMILES string of the molecule is C=C(Nc1ccccc1C)C(=O)N1CCN(c2ccc(Cl)cc2Cl)C(c2ccc(Cl)cc2)C1. The van der Waals surface area contributed by atoms with Gasteiger partial charge in [0.05, 0.1) is 22.4 Å². The number of rotatable bonds is 5. The van der Waals surface area contributed by atoms with Crippen LogP contribution < -0.4 is 10.2 Å². The molecule has 0 aliphatic carbocycles. The van der Waals surface area contributed by atoms with Crippen LogP contribution in [0.25, 0.3) is 0 Å². The Hall–Kier alpha value is -2.66. The van der Waals surface area contributed by atoms with E-state index in [1.54, 1.807) is 6.07 Å². The average molecular weight is 501 g/mol. The van der Waals surface area contributed by atoms with Crippen LogP contribution in [0.15, 0.2) is 79.0 Å². The molecule has 1 aliphatic rings. The Morgan fingerprint density at radius 3 is 2.36 bits per heavy atom. The number of amides is 1. The Morgan fingerprint density at radius 1 is 0.970 bits per heavy atom. The number of nitrogens with zero attached hydrogens (tertiary/aromatic N) is 2. The highest BCUT2D eigenvalue weighted by atomic mass is 35.5. The number of anilines is 2. The molecule has 1 aliphatic heterocycles. The maximum absolute atomic E-state index is 13.3. The number of benzene rings is 3. The first kappa shape index (κ1) is 23.5. The molecule has 1 heterocycles. The fourth-order valence-corrected chi connectivity index (χ4v) is 4.70. The minimum Gasteiger partial charge on any atom is -0.360 e. The minimum absolute atomic E-state index is 0.107. The molecule has 1 unspecified atom stereocenters. The molecule has 1 saturated heterocycles. The number of hydrogen-bond acceptors (Lipinski definition) is 3. The van der Waals surface area contributed by atoms with Crippen molar-refractivity contribution in [3.8, 4) is 0 Å². The molecule has 0 saturated carbocycles. The summed E-state index contributed by atoms with van der Waals surface area (Å²) in [6.07, 6.45) is 0. The molecule has 0 radical (unpaired) electrons. The molecule has 3 aromatic rings. The van der Waals surface area contributed by atoms with Gasteiger partial charge in [0.15, 0.2) is 0 Å². The summed E-state index contributed by atoms with van der Waals surface area (Å²) in [5.74, 6) is -0.126. The lowest BCUT2D eigenvalue weighted by molar-refractivity contribution is -0.127. The number of para-hydroxylation sites is 1. The summed E-state index contributed by atoms with van der Waals surface area (Å²) in [7, 11) is 0. The summed E-state index contributed by atoms with van der Waals surface area (Å²) in [4.78, 5) is 17.3. The maximum atomic E-state index is 13.3. The van der Waals surface area contributed by atoms with Crippen molar-refractivity contribution in [2.24, 2.45) is 0 Å². The second-order valence-corrected chi connectivity index (χ2v) is 9.31. The zero-order chi connectivity index (χ0) is 23.5. The molecule has 4 rings (SSSR count). The minimum atomic E-state index is -0.126. The van der Waals surface area contributed by atoms with Crippen LogP contribution in [0.2, 0.25) is 15.1 Å². The van der Waals surface area contributed by atoms with E-state index >= 15 is 0 Å². The first-order valence-electron chi connectivity index (χ1n) is 10.6. The fourth-order valence-electron chi connectivity index (χ4n) is 4.06. The van der Waals surface area contributed by atoms with Gasteiger partial charge in [0, 0.05) is 35.4 Å². The third kappa shape index (κ3) is 5.30. The topological polar surface area (TPSA) is 35.6 Å². The first-order valence-corrected chi connectivity index (χ1v) is 11.7. The highest BCUT2D eigenvalue weighted by Crippen LogP contribution is 2.37. The lowest BCUT2D eigenvalue weighted by atomic mass is 10.0. The van der Waals surface area contributed by atoms with Gasteiger partial charge in [-0.25, -0.2) is 0 Å². The van der Waals surface area contributed by atoms with Crippen LogP contribution >= 0.6 is 34.8 Å². The van der Waals surface area contributed by atoms with Crippen molar-refractivity contribution in [2.45, 2.75) is 13.0 Å². The largest absolute Gasteiger partial charge is 0.360 e. The van der Waals surface area contributed by atoms with Gasteiger partial charge in [-0.3, -0.25) is 4.79 Å². The van der Waals surface area contributed by atoms with Crippen molar-refractivity contribution in [2.75, 3.05) is 29.9 Å². The van der Waals surface area contributed by atoms with Gasteiger partial charge in [-0.1, -0.05) is 71.7 Å². The highest BCUT2D eigenvalue weighted by Gasteiger charge is 2.32. The number of nitrogens with one attached hydrogen (secondary N) is 1. The van der Waals surface area contributed by atoms with Crippen LogP contribution in [0.4, 0.5) is 11.4 Å². The van der Waals surface area contributed by atoms with Crippen molar-refractivity contribution in [1.82, 2.24) is 4.90 Å². The quantitative estimate of drug-likeness (QED) is 0.384. The predicted molar refractivity (Wildman–Crippen MR) is 139 cm³/mol. The summed E-state index contributed by atoms with van der Waals surface area (Å²) in [6.45, 7) is 7.63. The molecule has 7 heteroatoms. The fraction of sp³-hybridized carbons (Fsp3) is 0.192. The zero-order valence-electron chi connectivity index (χ0n) is 18.2. The van der Waals surface area contributed by atoms with E-state index in [2.05, 4.69) is 16.8 Å². The van der Waals surface area contributed by atoms with Crippen molar-refractivity contribution in [1.29, 1.82) is 0 Å². The smallest absolute Gasteiger partial charge is 0.269 e. The number of hydrogen-bond donors (Lipinski definition) is 1. The normalized spacial score (nSPS) is 15.9. The van der Waals surface area contributed by atoms with Crippen LogP contribution in [0, 0.1) is 6.92 Å². The molecule has 4 nitrogen and oxygen atoms in total. The Kier molecular flexibility index (Phi) is 7.18. The number of piperazine rings is 1. The van der Waals surface area contributed by atoms with Crippen LogP contribution in [-0.2, 0) is 4.79 Å². The van der Waals surface area contributed by atoms with Gasteiger partial charge in [-0.15, -0.1) is 0 Å². The molecule has 170 valence electrons. The van der Waals surface area contributed by atoms with Crippen LogP contribution in [-0.4, -0.2) is 30.4 Å². The molecule has 1 N–H and O–H groups in total. The van der Waals surface area contributed by atoms with E-state index < -0.39 is 0 Å². The predicted octanol–water partition coefficient (Wildman–Crippen LogP) is 6.97. The molecule has 0 bridgehead atoms. The second-order valence-electron chi connectivity index (χ2n) is 8.03. The van der Waals surface area contributed by atoms with E-state index in [9.17, 15) is 4.79 Å². The van der Waals surface area contributed by atoms with Gasteiger partial charge in [-0.05, 0) is 54.4 Å². The average Bonchev–Trinajstić information content (AvgIpc) is 2.80. The molecule has 0 spiro atoms. The van der Waals surface area contributed by atoms with Gasteiger partial charge < -0.3 is 15.1 Å². The molecule has 0 aromatic heterocycles. The van der Waals surface area contributed by atoms with Crippen molar-refractivity contribution in [3.05, 3.63) is 105 Å². The number of carbonyl (C=O) groups excluding carboxylic acids is 1. The van der Waals surface area contributed by atoms with E-state index in [1.165, 1.54) is 0 Å². The van der Waals surface area contributed by atoms with Crippen molar-refractivity contribution < 1.29 is 4.79 Å². The van der Waals surface area contributed by atoms with E-state index in [-0.39, 0.29) is 11.9 Å². The first-order chi connectivity index (χ1) is 15.8. The zero-order valence-corrected chi connectivity index (χ0v) is 20.5. The van der Waals surface area contributed by atoms with Crippen molar-refractivity contribution in [3.63, 3.8) is 0 Å². The summed E-state index contributed by atoms with van der Waals surface area (Å²) in [5.41, 5.74) is 4.19. The van der Waals surface area contributed by atoms with Gasteiger partial charge in [0.2, 0.25) is 0 Å². The highest BCUT2D eigenvalue weighted by molar-refractivity contribution is 6.36. The van der Waals surface area contributed by atoms with E-state index in [0.29, 0.717) is 40.4 Å². The van der Waals surface area contributed by atoms with Crippen LogP contribution in [0.5, 0.6) is 0 Å². The van der Waals surface area contributed by atoms with E-state index in [4.69, 9.17) is 34.8 Å². The Bertz CT molecular complexity index is 1180. The Balaban J connectivity index is 1.59. The lowest BCUT2D eigenvalue weighted by Gasteiger charge is -2.43. The number of carbonyl (C=O) groups is 1.